The third-order valence-corrected chi connectivity index (χ3v) is 2.11. The number of fused-ring (bicyclic) bond motifs is 1. The van der Waals surface area contributed by atoms with Crippen LogP contribution < -0.4 is 5.73 Å². The molecule has 0 aliphatic rings. The molecule has 0 saturated carbocycles. The number of anilines is 1. The van der Waals surface area contributed by atoms with E-state index in [0.29, 0.717) is 5.69 Å². The van der Waals surface area contributed by atoms with Gasteiger partial charge in [-0.25, -0.2) is 0 Å². The Labute approximate surface area is 76.6 Å². The quantitative estimate of drug-likeness (QED) is 0.601. The second-order valence-corrected chi connectivity index (χ2v) is 3.26. The van der Waals surface area contributed by atoms with Gasteiger partial charge in [0.15, 0.2) is 0 Å². The van der Waals surface area contributed by atoms with Crippen LogP contribution in [0.25, 0.3) is 10.8 Å². The van der Waals surface area contributed by atoms with Gasteiger partial charge in [0.25, 0.3) is 0 Å². The second-order valence-electron chi connectivity index (χ2n) is 3.26. The molecular formula is C11H11NO. The first kappa shape index (κ1) is 7.92. The van der Waals surface area contributed by atoms with E-state index in [0.717, 1.165) is 16.3 Å². The highest BCUT2D eigenvalue weighted by atomic mass is 16.3. The zero-order chi connectivity index (χ0) is 9.42. The Bertz CT molecular complexity index is 463. The average molecular weight is 173 g/mol. The van der Waals surface area contributed by atoms with Crippen LogP contribution in [0.3, 0.4) is 0 Å². The summed E-state index contributed by atoms with van der Waals surface area (Å²) in [6.07, 6.45) is 0. The van der Waals surface area contributed by atoms with Crippen LogP contribution in [0.2, 0.25) is 0 Å². The average Bonchev–Trinajstić information content (AvgIpc) is 2.06. The van der Waals surface area contributed by atoms with Gasteiger partial charge in [0.05, 0.1) is 0 Å². The number of rotatable bonds is 0. The molecule has 0 unspecified atom stereocenters. The standard InChI is InChI=1S/C11H11NO/c1-7-4-8-2-3-9(13)6-10(8)11(12)5-7/h2-6,13H,12H2,1H3. The molecule has 0 aliphatic carbocycles. The number of hydrogen-bond donors (Lipinski definition) is 2. The number of nitrogens with two attached hydrogens (primary N) is 1. The van der Waals surface area contributed by atoms with Crippen molar-refractivity contribution in [3.05, 3.63) is 35.9 Å². The molecule has 3 N–H and O–H groups in total. The van der Waals surface area contributed by atoms with Crippen LogP contribution in [-0.4, -0.2) is 5.11 Å². The molecular weight excluding hydrogens is 162 g/mol. The molecule has 2 nitrogen and oxygen atoms in total. The van der Waals surface area contributed by atoms with E-state index in [1.165, 1.54) is 0 Å². The summed E-state index contributed by atoms with van der Waals surface area (Å²) < 4.78 is 0. The Morgan fingerprint density at radius 2 is 1.92 bits per heavy atom. The SMILES string of the molecule is Cc1cc(N)c2cc(O)ccc2c1. The van der Waals surface area contributed by atoms with E-state index in [1.54, 1.807) is 12.1 Å². The van der Waals surface area contributed by atoms with Crippen molar-refractivity contribution in [2.45, 2.75) is 6.92 Å². The monoisotopic (exact) mass is 173 g/mol. The lowest BCUT2D eigenvalue weighted by atomic mass is 10.1. The van der Waals surface area contributed by atoms with Gasteiger partial charge in [0.2, 0.25) is 0 Å². The summed E-state index contributed by atoms with van der Waals surface area (Å²) in [5, 5.41) is 11.2. The molecule has 13 heavy (non-hydrogen) atoms. The topological polar surface area (TPSA) is 46.2 Å². The van der Waals surface area contributed by atoms with E-state index < -0.39 is 0 Å². The molecule has 66 valence electrons. The molecule has 0 heterocycles. The maximum Gasteiger partial charge on any atom is 0.116 e. The van der Waals surface area contributed by atoms with Crippen LogP contribution in [0.1, 0.15) is 5.56 Å². The Morgan fingerprint density at radius 3 is 2.69 bits per heavy atom. The number of aryl methyl sites for hydroxylation is 1. The molecule has 2 heteroatoms. The number of aromatic hydroxyl groups is 1. The van der Waals surface area contributed by atoms with Gasteiger partial charge in [-0.3, -0.25) is 0 Å². The lowest BCUT2D eigenvalue weighted by molar-refractivity contribution is 0.476. The molecule has 0 aromatic heterocycles. The first-order chi connectivity index (χ1) is 6.16. The van der Waals surface area contributed by atoms with Crippen molar-refractivity contribution >= 4 is 16.5 Å². The fourth-order valence-electron chi connectivity index (χ4n) is 1.53. The number of hydrogen-bond acceptors (Lipinski definition) is 2. The van der Waals surface area contributed by atoms with Crippen molar-refractivity contribution in [2.75, 3.05) is 5.73 Å². The van der Waals surface area contributed by atoms with Crippen LogP contribution in [0, 0.1) is 6.92 Å². The molecule has 2 aromatic carbocycles. The summed E-state index contributed by atoms with van der Waals surface area (Å²) in [5.74, 6) is 0.253. The smallest absolute Gasteiger partial charge is 0.116 e. The molecule has 2 aromatic rings. The molecule has 0 aliphatic heterocycles. The summed E-state index contributed by atoms with van der Waals surface area (Å²) in [6.45, 7) is 2.00. The number of phenols is 1. The van der Waals surface area contributed by atoms with Crippen LogP contribution >= 0.6 is 0 Å². The fourth-order valence-corrected chi connectivity index (χ4v) is 1.53. The summed E-state index contributed by atoms with van der Waals surface area (Å²) in [4.78, 5) is 0. The molecule has 0 atom stereocenters. The second kappa shape index (κ2) is 2.66. The van der Waals surface area contributed by atoms with Gasteiger partial charge >= 0.3 is 0 Å². The minimum absolute atomic E-state index is 0.253. The molecule has 0 spiro atoms. The van der Waals surface area contributed by atoms with Crippen molar-refractivity contribution in [3.63, 3.8) is 0 Å². The molecule has 0 saturated heterocycles. The Hall–Kier alpha value is -1.70. The maximum atomic E-state index is 9.27. The Balaban J connectivity index is 2.87. The van der Waals surface area contributed by atoms with Gasteiger partial charge in [-0.15, -0.1) is 0 Å². The van der Waals surface area contributed by atoms with Crippen LogP contribution in [-0.2, 0) is 0 Å². The van der Waals surface area contributed by atoms with Gasteiger partial charge in [0.1, 0.15) is 5.75 Å². The highest BCUT2D eigenvalue weighted by Crippen LogP contribution is 2.26. The van der Waals surface area contributed by atoms with E-state index in [1.807, 2.05) is 25.1 Å². The molecule has 0 radical (unpaired) electrons. The van der Waals surface area contributed by atoms with Crippen molar-refractivity contribution in [3.8, 4) is 5.75 Å². The normalized spacial score (nSPS) is 10.5. The molecule has 0 fully saturated rings. The summed E-state index contributed by atoms with van der Waals surface area (Å²) in [5.41, 5.74) is 7.66. The van der Waals surface area contributed by atoms with Crippen molar-refractivity contribution in [1.29, 1.82) is 0 Å². The van der Waals surface area contributed by atoms with E-state index in [9.17, 15) is 5.11 Å². The number of benzene rings is 2. The van der Waals surface area contributed by atoms with Gasteiger partial charge in [0, 0.05) is 11.1 Å². The van der Waals surface area contributed by atoms with E-state index >= 15 is 0 Å². The maximum absolute atomic E-state index is 9.27. The predicted molar refractivity (Wildman–Crippen MR) is 54.8 cm³/mol. The van der Waals surface area contributed by atoms with Gasteiger partial charge in [-0.1, -0.05) is 12.1 Å². The van der Waals surface area contributed by atoms with E-state index in [-0.39, 0.29) is 5.75 Å². The molecule has 0 bridgehead atoms. The van der Waals surface area contributed by atoms with Crippen LogP contribution in [0.15, 0.2) is 30.3 Å². The first-order valence-electron chi connectivity index (χ1n) is 4.16. The van der Waals surface area contributed by atoms with Crippen molar-refractivity contribution in [2.24, 2.45) is 0 Å². The van der Waals surface area contributed by atoms with Gasteiger partial charge in [-0.2, -0.15) is 0 Å². The molecule has 2 rings (SSSR count). The minimum Gasteiger partial charge on any atom is -0.508 e. The van der Waals surface area contributed by atoms with Gasteiger partial charge in [-0.05, 0) is 36.1 Å². The summed E-state index contributed by atoms with van der Waals surface area (Å²) in [6, 6.07) is 9.17. The van der Waals surface area contributed by atoms with Gasteiger partial charge < -0.3 is 10.8 Å². The highest BCUT2D eigenvalue weighted by molar-refractivity contribution is 5.94. The largest absolute Gasteiger partial charge is 0.508 e. The third-order valence-electron chi connectivity index (χ3n) is 2.11. The molecule has 0 amide bonds. The predicted octanol–water partition coefficient (Wildman–Crippen LogP) is 2.44. The number of phenolic OH excluding ortho intramolecular Hbond substituents is 1. The fraction of sp³-hybridized carbons (Fsp3) is 0.0909. The van der Waals surface area contributed by atoms with Crippen LogP contribution in [0.4, 0.5) is 5.69 Å². The number of nitrogen functional groups attached to an aromatic ring is 1. The lowest BCUT2D eigenvalue weighted by Crippen LogP contribution is -1.87. The van der Waals surface area contributed by atoms with E-state index in [4.69, 9.17) is 5.73 Å². The Kier molecular flexibility index (Phi) is 1.62. The minimum atomic E-state index is 0.253. The zero-order valence-electron chi connectivity index (χ0n) is 7.41. The Morgan fingerprint density at radius 1 is 1.15 bits per heavy atom. The van der Waals surface area contributed by atoms with Crippen molar-refractivity contribution in [1.82, 2.24) is 0 Å². The third kappa shape index (κ3) is 1.31. The lowest BCUT2D eigenvalue weighted by Gasteiger charge is -2.04. The van der Waals surface area contributed by atoms with Crippen molar-refractivity contribution < 1.29 is 5.11 Å². The summed E-state index contributed by atoms with van der Waals surface area (Å²) >= 11 is 0. The highest BCUT2D eigenvalue weighted by Gasteiger charge is 1.99. The summed E-state index contributed by atoms with van der Waals surface area (Å²) in [7, 11) is 0. The van der Waals surface area contributed by atoms with E-state index in [2.05, 4.69) is 0 Å². The zero-order valence-corrected chi connectivity index (χ0v) is 7.41. The van der Waals surface area contributed by atoms with Crippen LogP contribution in [0.5, 0.6) is 5.75 Å². The first-order valence-corrected chi connectivity index (χ1v) is 4.16.